The van der Waals surface area contributed by atoms with Crippen LogP contribution in [0.2, 0.25) is 0 Å². The molecule has 0 amide bonds. The number of carbonyl (C=O) groups is 1. The van der Waals surface area contributed by atoms with Crippen LogP contribution in [-0.4, -0.2) is 28.7 Å². The van der Waals surface area contributed by atoms with Crippen molar-refractivity contribution in [3.63, 3.8) is 0 Å². The number of esters is 1. The van der Waals surface area contributed by atoms with Crippen LogP contribution in [0.1, 0.15) is 34.8 Å². The molecule has 0 N–H and O–H groups in total. The number of nitrogens with zero attached hydrogens (tertiary/aromatic N) is 2. The Labute approximate surface area is 123 Å². The van der Waals surface area contributed by atoms with Crippen LogP contribution in [0.3, 0.4) is 0 Å². The summed E-state index contributed by atoms with van der Waals surface area (Å²) >= 11 is 0. The molecule has 0 fully saturated rings. The molecule has 0 saturated heterocycles. The largest absolute Gasteiger partial charge is 0.460 e. The molecule has 1 aliphatic rings. The van der Waals surface area contributed by atoms with Crippen molar-refractivity contribution >= 4 is 5.97 Å². The van der Waals surface area contributed by atoms with Crippen molar-refractivity contribution in [2.24, 2.45) is 0 Å². The highest BCUT2D eigenvalue weighted by Gasteiger charge is 2.23. The molecule has 0 aliphatic carbocycles. The van der Waals surface area contributed by atoms with Gasteiger partial charge in [0.2, 0.25) is 5.82 Å². The van der Waals surface area contributed by atoms with Crippen LogP contribution in [0.25, 0.3) is 0 Å². The molecule has 2 heterocycles. The molecule has 5 heteroatoms. The maximum Gasteiger partial charge on any atom is 0.374 e. The molecule has 0 radical (unpaired) electrons. The van der Waals surface area contributed by atoms with E-state index in [4.69, 9.17) is 9.47 Å². The highest BCUT2D eigenvalue weighted by atomic mass is 16.5. The quantitative estimate of drug-likeness (QED) is 0.810. The van der Waals surface area contributed by atoms with E-state index in [2.05, 4.69) is 17.1 Å². The van der Waals surface area contributed by atoms with Crippen LogP contribution in [-0.2, 0) is 22.4 Å². The van der Waals surface area contributed by atoms with Gasteiger partial charge < -0.3 is 14.0 Å². The van der Waals surface area contributed by atoms with Gasteiger partial charge in [0.15, 0.2) is 0 Å². The molecule has 0 bridgehead atoms. The summed E-state index contributed by atoms with van der Waals surface area (Å²) in [5, 5.41) is 0. The minimum Gasteiger partial charge on any atom is -0.460 e. The van der Waals surface area contributed by atoms with Gasteiger partial charge in [-0.1, -0.05) is 24.3 Å². The fourth-order valence-corrected chi connectivity index (χ4v) is 2.65. The summed E-state index contributed by atoms with van der Waals surface area (Å²) in [4.78, 5) is 16.0. The summed E-state index contributed by atoms with van der Waals surface area (Å²) in [6, 6.07) is 8.27. The Morgan fingerprint density at radius 2 is 2.33 bits per heavy atom. The summed E-state index contributed by atoms with van der Waals surface area (Å²) in [6.45, 7) is 3.39. The molecular weight excluding hydrogens is 268 g/mol. The zero-order valence-electron chi connectivity index (χ0n) is 12.0. The SMILES string of the molecule is CCOC(=O)c1nccn1C[C@@H]1OCCc2ccccc21. The van der Waals surface area contributed by atoms with Gasteiger partial charge in [-0.3, -0.25) is 0 Å². The van der Waals surface area contributed by atoms with Gasteiger partial charge in [0, 0.05) is 12.4 Å². The van der Waals surface area contributed by atoms with Crippen LogP contribution >= 0.6 is 0 Å². The summed E-state index contributed by atoms with van der Waals surface area (Å²) < 4.78 is 12.7. The molecule has 1 aromatic heterocycles. The van der Waals surface area contributed by atoms with Gasteiger partial charge >= 0.3 is 5.97 Å². The lowest BCUT2D eigenvalue weighted by Gasteiger charge is -2.26. The molecule has 1 atom stereocenters. The Kier molecular flexibility index (Phi) is 4.01. The average Bonchev–Trinajstić information content (AvgIpc) is 2.96. The number of carbonyl (C=O) groups excluding carboxylic acids is 1. The van der Waals surface area contributed by atoms with Crippen LogP contribution in [0, 0.1) is 0 Å². The minimum atomic E-state index is -0.397. The van der Waals surface area contributed by atoms with Crippen molar-refractivity contribution in [3.05, 3.63) is 53.6 Å². The van der Waals surface area contributed by atoms with Crippen LogP contribution in [0.5, 0.6) is 0 Å². The van der Waals surface area contributed by atoms with E-state index >= 15 is 0 Å². The van der Waals surface area contributed by atoms with Gasteiger partial charge in [-0.25, -0.2) is 9.78 Å². The molecule has 5 nitrogen and oxygen atoms in total. The van der Waals surface area contributed by atoms with E-state index in [1.165, 1.54) is 11.1 Å². The third kappa shape index (κ3) is 2.83. The lowest BCUT2D eigenvalue weighted by molar-refractivity contribution is 0.0284. The number of benzene rings is 1. The molecule has 110 valence electrons. The lowest BCUT2D eigenvalue weighted by atomic mass is 9.97. The summed E-state index contributed by atoms with van der Waals surface area (Å²) in [5.74, 6) is -0.0740. The van der Waals surface area contributed by atoms with Crippen molar-refractivity contribution in [1.82, 2.24) is 9.55 Å². The Balaban J connectivity index is 1.82. The van der Waals surface area contributed by atoms with E-state index in [-0.39, 0.29) is 6.10 Å². The molecule has 0 saturated carbocycles. The topological polar surface area (TPSA) is 53.3 Å². The number of fused-ring (bicyclic) bond motifs is 1. The first-order valence-corrected chi connectivity index (χ1v) is 7.17. The molecule has 3 rings (SSSR count). The zero-order valence-corrected chi connectivity index (χ0v) is 12.0. The maximum atomic E-state index is 11.9. The molecule has 21 heavy (non-hydrogen) atoms. The Bertz CT molecular complexity index is 636. The molecular formula is C16H18N2O3. The number of hydrogen-bond acceptors (Lipinski definition) is 4. The first kappa shape index (κ1) is 13.8. The van der Waals surface area contributed by atoms with E-state index in [1.807, 2.05) is 12.1 Å². The zero-order chi connectivity index (χ0) is 14.7. The number of imidazole rings is 1. The maximum absolute atomic E-state index is 11.9. The van der Waals surface area contributed by atoms with E-state index in [1.54, 1.807) is 23.9 Å². The van der Waals surface area contributed by atoms with Gasteiger partial charge in [-0.05, 0) is 24.5 Å². The lowest BCUT2D eigenvalue weighted by Crippen LogP contribution is -2.22. The summed E-state index contributed by atoms with van der Waals surface area (Å²) in [6.07, 6.45) is 4.27. The molecule has 0 unspecified atom stereocenters. The number of rotatable bonds is 4. The van der Waals surface area contributed by atoms with Crippen LogP contribution in [0.4, 0.5) is 0 Å². The number of aromatic nitrogens is 2. The second-order valence-electron chi connectivity index (χ2n) is 4.93. The van der Waals surface area contributed by atoms with E-state index in [9.17, 15) is 4.79 Å². The molecule has 0 spiro atoms. The molecule has 1 aliphatic heterocycles. The van der Waals surface area contributed by atoms with Crippen molar-refractivity contribution in [2.45, 2.75) is 26.0 Å². The average molecular weight is 286 g/mol. The Hall–Kier alpha value is -2.14. The first-order chi connectivity index (χ1) is 10.3. The fraction of sp³-hybridized carbons (Fsp3) is 0.375. The van der Waals surface area contributed by atoms with Crippen molar-refractivity contribution in [3.8, 4) is 0 Å². The number of hydrogen-bond donors (Lipinski definition) is 0. The van der Waals surface area contributed by atoms with Crippen molar-refractivity contribution < 1.29 is 14.3 Å². The normalized spacial score (nSPS) is 17.3. The molecule has 2 aromatic rings. The van der Waals surface area contributed by atoms with Gasteiger partial charge in [-0.15, -0.1) is 0 Å². The predicted octanol–water partition coefficient (Wildman–Crippen LogP) is 2.37. The standard InChI is InChI=1S/C16H18N2O3/c1-2-20-16(19)15-17-8-9-18(15)11-14-13-6-4-3-5-12(13)7-10-21-14/h3-6,8-9,14H,2,7,10-11H2,1H3/t14-/m0/s1. The highest BCUT2D eigenvalue weighted by Crippen LogP contribution is 2.28. The summed E-state index contributed by atoms with van der Waals surface area (Å²) in [5.41, 5.74) is 2.50. The third-order valence-electron chi connectivity index (χ3n) is 3.63. The highest BCUT2D eigenvalue weighted by molar-refractivity contribution is 5.85. The smallest absolute Gasteiger partial charge is 0.374 e. The third-order valence-corrected chi connectivity index (χ3v) is 3.63. The van der Waals surface area contributed by atoms with E-state index < -0.39 is 5.97 Å². The first-order valence-electron chi connectivity index (χ1n) is 7.17. The second-order valence-corrected chi connectivity index (χ2v) is 4.93. The van der Waals surface area contributed by atoms with E-state index in [0.717, 1.165) is 6.42 Å². The second kappa shape index (κ2) is 6.10. The minimum absolute atomic E-state index is 0.0580. The van der Waals surface area contributed by atoms with E-state index in [0.29, 0.717) is 25.6 Å². The van der Waals surface area contributed by atoms with Gasteiger partial charge in [0.1, 0.15) is 6.10 Å². The van der Waals surface area contributed by atoms with Crippen molar-refractivity contribution in [2.75, 3.05) is 13.2 Å². The predicted molar refractivity (Wildman–Crippen MR) is 77.0 cm³/mol. The monoisotopic (exact) mass is 286 g/mol. The number of ether oxygens (including phenoxy) is 2. The Morgan fingerprint density at radius 1 is 1.48 bits per heavy atom. The van der Waals surface area contributed by atoms with Gasteiger partial charge in [-0.2, -0.15) is 0 Å². The Morgan fingerprint density at radius 3 is 3.19 bits per heavy atom. The van der Waals surface area contributed by atoms with Crippen molar-refractivity contribution in [1.29, 1.82) is 0 Å². The van der Waals surface area contributed by atoms with Crippen LogP contribution in [0.15, 0.2) is 36.7 Å². The summed E-state index contributed by atoms with van der Waals surface area (Å²) in [7, 11) is 0. The molecule has 1 aromatic carbocycles. The fourth-order valence-electron chi connectivity index (χ4n) is 2.65. The van der Waals surface area contributed by atoms with Gasteiger partial charge in [0.05, 0.1) is 19.8 Å². The van der Waals surface area contributed by atoms with Gasteiger partial charge in [0.25, 0.3) is 0 Å². The van der Waals surface area contributed by atoms with Crippen LogP contribution < -0.4 is 0 Å².